The van der Waals surface area contributed by atoms with Crippen LogP contribution < -0.4 is 14.8 Å². The van der Waals surface area contributed by atoms with Crippen LogP contribution in [0.15, 0.2) is 47.8 Å². The SMILES string of the molecule is CCOC(=O)NCc1ccc(-c2nc(-c3ccc(OC)c(OC)c3)cs2)cc1. The van der Waals surface area contributed by atoms with Gasteiger partial charge >= 0.3 is 6.09 Å². The van der Waals surface area contributed by atoms with Gasteiger partial charge in [-0.1, -0.05) is 24.3 Å². The van der Waals surface area contributed by atoms with E-state index in [4.69, 9.17) is 19.2 Å². The molecule has 0 aliphatic carbocycles. The first-order chi connectivity index (χ1) is 13.6. The number of methoxy groups -OCH3 is 2. The molecule has 1 heterocycles. The summed E-state index contributed by atoms with van der Waals surface area (Å²) in [4.78, 5) is 16.1. The number of benzene rings is 2. The third kappa shape index (κ3) is 4.61. The number of hydrogen-bond donors (Lipinski definition) is 1. The van der Waals surface area contributed by atoms with E-state index in [-0.39, 0.29) is 0 Å². The van der Waals surface area contributed by atoms with Gasteiger partial charge in [0.1, 0.15) is 5.01 Å². The lowest BCUT2D eigenvalue weighted by atomic mass is 10.1. The summed E-state index contributed by atoms with van der Waals surface area (Å²) in [6, 6.07) is 13.7. The molecule has 0 atom stereocenters. The Labute approximate surface area is 168 Å². The van der Waals surface area contributed by atoms with E-state index >= 15 is 0 Å². The largest absolute Gasteiger partial charge is 0.493 e. The van der Waals surface area contributed by atoms with Gasteiger partial charge in [-0.3, -0.25) is 0 Å². The molecule has 0 spiro atoms. The second-order valence-corrected chi connectivity index (χ2v) is 6.74. The van der Waals surface area contributed by atoms with Gasteiger partial charge in [0.15, 0.2) is 11.5 Å². The predicted molar refractivity (Wildman–Crippen MR) is 110 cm³/mol. The van der Waals surface area contributed by atoms with E-state index in [0.29, 0.717) is 24.7 Å². The molecule has 3 rings (SSSR count). The summed E-state index contributed by atoms with van der Waals surface area (Å²) in [5.41, 5.74) is 3.87. The maximum absolute atomic E-state index is 11.4. The van der Waals surface area contributed by atoms with Crippen LogP contribution in [0.5, 0.6) is 11.5 Å². The molecular weight excluding hydrogens is 376 g/mol. The summed E-state index contributed by atoms with van der Waals surface area (Å²) in [5.74, 6) is 1.36. The van der Waals surface area contributed by atoms with Crippen LogP contribution in [0.4, 0.5) is 4.79 Å². The van der Waals surface area contributed by atoms with Gasteiger partial charge in [-0.15, -0.1) is 11.3 Å². The first kappa shape index (κ1) is 19.7. The fraction of sp³-hybridized carbons (Fsp3) is 0.238. The molecule has 0 radical (unpaired) electrons. The number of carbonyl (C=O) groups is 1. The second-order valence-electron chi connectivity index (χ2n) is 5.88. The third-order valence-corrected chi connectivity index (χ3v) is 4.99. The number of aromatic nitrogens is 1. The number of carbonyl (C=O) groups excluding carboxylic acids is 1. The van der Waals surface area contributed by atoms with Crippen molar-refractivity contribution in [2.24, 2.45) is 0 Å². The fourth-order valence-corrected chi connectivity index (χ4v) is 3.49. The van der Waals surface area contributed by atoms with Crippen LogP contribution in [0, 0.1) is 0 Å². The van der Waals surface area contributed by atoms with Gasteiger partial charge in [-0.2, -0.15) is 0 Å². The van der Waals surface area contributed by atoms with Gasteiger partial charge in [-0.25, -0.2) is 9.78 Å². The number of ether oxygens (including phenoxy) is 3. The highest BCUT2D eigenvalue weighted by Crippen LogP contribution is 2.34. The van der Waals surface area contributed by atoms with Gasteiger partial charge < -0.3 is 19.5 Å². The van der Waals surface area contributed by atoms with Crippen LogP contribution in [-0.4, -0.2) is 31.9 Å². The van der Waals surface area contributed by atoms with Crippen molar-refractivity contribution in [3.05, 3.63) is 53.4 Å². The number of alkyl carbamates (subject to hydrolysis) is 1. The maximum Gasteiger partial charge on any atom is 0.407 e. The topological polar surface area (TPSA) is 69.7 Å². The van der Waals surface area contributed by atoms with Crippen molar-refractivity contribution in [3.63, 3.8) is 0 Å². The zero-order valence-electron chi connectivity index (χ0n) is 16.0. The fourth-order valence-electron chi connectivity index (χ4n) is 2.66. The molecule has 0 saturated carbocycles. The molecule has 0 fully saturated rings. The van der Waals surface area contributed by atoms with E-state index < -0.39 is 6.09 Å². The standard InChI is InChI=1S/C21H22N2O4S/c1-4-27-21(24)22-12-14-5-7-15(8-6-14)20-23-17(13-28-20)16-9-10-18(25-2)19(11-16)26-3/h5-11,13H,4,12H2,1-3H3,(H,22,24). The highest BCUT2D eigenvalue weighted by molar-refractivity contribution is 7.13. The number of nitrogens with one attached hydrogen (secondary N) is 1. The van der Waals surface area contributed by atoms with E-state index in [1.807, 2.05) is 47.8 Å². The molecule has 0 unspecified atom stereocenters. The van der Waals surface area contributed by atoms with E-state index in [1.54, 1.807) is 32.5 Å². The highest BCUT2D eigenvalue weighted by Gasteiger charge is 2.10. The summed E-state index contributed by atoms with van der Waals surface area (Å²) in [5, 5.41) is 5.65. The molecule has 7 heteroatoms. The predicted octanol–water partition coefficient (Wildman–Crippen LogP) is 4.74. The van der Waals surface area contributed by atoms with Crippen LogP contribution in [0.3, 0.4) is 0 Å². The Kier molecular flexibility index (Phi) is 6.49. The molecule has 2 aromatic carbocycles. The minimum Gasteiger partial charge on any atom is -0.493 e. The number of hydrogen-bond acceptors (Lipinski definition) is 6. The van der Waals surface area contributed by atoms with Crippen LogP contribution in [0.2, 0.25) is 0 Å². The van der Waals surface area contributed by atoms with Gasteiger partial charge in [0.25, 0.3) is 0 Å². The summed E-state index contributed by atoms with van der Waals surface area (Å²) in [7, 11) is 3.23. The number of nitrogens with zero attached hydrogens (tertiary/aromatic N) is 1. The van der Waals surface area contributed by atoms with Crippen molar-refractivity contribution in [2.75, 3.05) is 20.8 Å². The normalized spacial score (nSPS) is 10.4. The van der Waals surface area contributed by atoms with E-state index in [0.717, 1.165) is 27.4 Å². The lowest BCUT2D eigenvalue weighted by Gasteiger charge is -2.08. The minimum atomic E-state index is -0.411. The Hall–Kier alpha value is -3.06. The van der Waals surface area contributed by atoms with Crippen LogP contribution in [-0.2, 0) is 11.3 Å². The smallest absolute Gasteiger partial charge is 0.407 e. The van der Waals surface area contributed by atoms with Crippen LogP contribution in [0.1, 0.15) is 12.5 Å². The highest BCUT2D eigenvalue weighted by atomic mass is 32.1. The van der Waals surface area contributed by atoms with Gasteiger partial charge in [0, 0.05) is 23.1 Å². The molecule has 3 aromatic rings. The molecule has 0 bridgehead atoms. The molecule has 146 valence electrons. The third-order valence-electron chi connectivity index (χ3n) is 4.10. The Morgan fingerprint density at radius 2 is 1.75 bits per heavy atom. The van der Waals surface area contributed by atoms with Crippen molar-refractivity contribution >= 4 is 17.4 Å². The summed E-state index contributed by atoms with van der Waals surface area (Å²) < 4.78 is 15.5. The van der Waals surface area contributed by atoms with E-state index in [2.05, 4.69) is 5.32 Å². The van der Waals surface area contributed by atoms with Crippen molar-refractivity contribution < 1.29 is 19.0 Å². The summed E-state index contributed by atoms with van der Waals surface area (Å²) in [6.45, 7) is 2.56. The van der Waals surface area contributed by atoms with Crippen LogP contribution >= 0.6 is 11.3 Å². The Morgan fingerprint density at radius 3 is 2.43 bits per heavy atom. The Bertz CT molecular complexity index is 938. The first-order valence-electron chi connectivity index (χ1n) is 8.82. The minimum absolute atomic E-state index is 0.358. The van der Waals surface area contributed by atoms with Crippen molar-refractivity contribution in [3.8, 4) is 33.3 Å². The van der Waals surface area contributed by atoms with Gasteiger partial charge in [-0.05, 0) is 30.7 Å². The summed E-state index contributed by atoms with van der Waals surface area (Å²) >= 11 is 1.58. The van der Waals surface area contributed by atoms with Crippen molar-refractivity contribution in [2.45, 2.75) is 13.5 Å². The number of rotatable bonds is 7. The average Bonchev–Trinajstić information content (AvgIpc) is 3.22. The Balaban J connectivity index is 1.72. The number of thiazole rings is 1. The molecule has 1 aromatic heterocycles. The summed E-state index contributed by atoms with van der Waals surface area (Å²) in [6.07, 6.45) is -0.411. The van der Waals surface area contributed by atoms with Crippen LogP contribution in [0.25, 0.3) is 21.8 Å². The van der Waals surface area contributed by atoms with Crippen molar-refractivity contribution in [1.29, 1.82) is 0 Å². The molecule has 1 N–H and O–H groups in total. The number of amides is 1. The maximum atomic E-state index is 11.4. The first-order valence-corrected chi connectivity index (χ1v) is 9.70. The molecule has 6 nitrogen and oxygen atoms in total. The molecule has 1 amide bonds. The average molecular weight is 398 g/mol. The quantitative estimate of drug-likeness (QED) is 0.622. The zero-order chi connectivity index (χ0) is 19.9. The van der Waals surface area contributed by atoms with E-state index in [9.17, 15) is 4.79 Å². The van der Waals surface area contributed by atoms with E-state index in [1.165, 1.54) is 0 Å². The monoisotopic (exact) mass is 398 g/mol. The zero-order valence-corrected chi connectivity index (χ0v) is 16.8. The van der Waals surface area contributed by atoms with Crippen molar-refractivity contribution in [1.82, 2.24) is 10.3 Å². The lowest BCUT2D eigenvalue weighted by molar-refractivity contribution is 0.151. The molecule has 28 heavy (non-hydrogen) atoms. The second kappa shape index (κ2) is 9.23. The molecule has 0 aliphatic heterocycles. The lowest BCUT2D eigenvalue weighted by Crippen LogP contribution is -2.23. The molecule has 0 aliphatic rings. The molecule has 0 saturated heterocycles. The Morgan fingerprint density at radius 1 is 1.04 bits per heavy atom. The van der Waals surface area contributed by atoms with Gasteiger partial charge in [0.2, 0.25) is 0 Å². The van der Waals surface area contributed by atoms with Gasteiger partial charge in [0.05, 0.1) is 26.5 Å². The molecular formula is C21H22N2O4S.